The van der Waals surface area contributed by atoms with Crippen molar-refractivity contribution in [3.05, 3.63) is 16.0 Å². The molecule has 1 aliphatic rings. The molecule has 7 nitrogen and oxygen atoms in total. The van der Waals surface area contributed by atoms with Crippen LogP contribution in [0, 0.1) is 0 Å². The summed E-state index contributed by atoms with van der Waals surface area (Å²) in [6.07, 6.45) is 0.786. The Morgan fingerprint density at radius 1 is 1.42 bits per heavy atom. The van der Waals surface area contributed by atoms with E-state index < -0.39 is 0 Å². The Morgan fingerprint density at radius 3 is 2.88 bits per heavy atom. The van der Waals surface area contributed by atoms with E-state index >= 15 is 0 Å². The topological polar surface area (TPSA) is 82.5 Å². The minimum Gasteiger partial charge on any atom is -0.383 e. The van der Waals surface area contributed by atoms with Gasteiger partial charge in [0, 0.05) is 32.4 Å². The Hall–Kier alpha value is -1.03. The third-order valence-electron chi connectivity index (χ3n) is 3.44. The summed E-state index contributed by atoms with van der Waals surface area (Å²) in [5, 5.41) is 3.69. The molecule has 1 aromatic heterocycles. The number of aromatic nitrogens is 2. The smallest absolute Gasteiger partial charge is 0.268 e. The highest BCUT2D eigenvalue weighted by molar-refractivity contribution is 8.00. The summed E-state index contributed by atoms with van der Waals surface area (Å²) in [5.74, 6) is 0.109. The van der Waals surface area contributed by atoms with Gasteiger partial charge in [0.25, 0.3) is 5.56 Å². The summed E-state index contributed by atoms with van der Waals surface area (Å²) in [4.78, 5) is 29.9. The number of carbonyl (C=O) groups is 1. The van der Waals surface area contributed by atoms with Crippen molar-refractivity contribution < 1.29 is 14.3 Å². The molecule has 0 spiro atoms. The molecule has 1 atom stereocenters. The number of hydrogen-bond donors (Lipinski definition) is 1. The number of ether oxygens (including phenoxy) is 2. The summed E-state index contributed by atoms with van der Waals surface area (Å²) >= 11 is 2.85. The van der Waals surface area contributed by atoms with Crippen molar-refractivity contribution in [2.24, 2.45) is 0 Å². The zero-order valence-corrected chi connectivity index (χ0v) is 15.8. The van der Waals surface area contributed by atoms with Crippen LogP contribution in [0.15, 0.2) is 14.8 Å². The van der Waals surface area contributed by atoms with Gasteiger partial charge in [-0.15, -0.1) is 11.8 Å². The van der Waals surface area contributed by atoms with Crippen LogP contribution in [0.1, 0.15) is 12.6 Å². The lowest BCUT2D eigenvalue weighted by Crippen LogP contribution is -2.30. The number of hydrogen-bond acceptors (Lipinski definition) is 7. The molecule has 0 fully saturated rings. The van der Waals surface area contributed by atoms with Gasteiger partial charge in [0.1, 0.15) is 0 Å². The molecule has 2 heterocycles. The first-order valence-electron chi connectivity index (χ1n) is 7.74. The number of methoxy groups -OCH3 is 2. The highest BCUT2D eigenvalue weighted by Crippen LogP contribution is 2.34. The maximum atomic E-state index is 12.7. The Kier molecular flexibility index (Phi) is 7.60. The standard InChI is InChI=1S/C15H23N3O4S2/c1-10-8-11-13(24-10)14(20)18(5-7-22-3)15(17-11)23-9-12(19)16-4-6-21-2/h10H,4-9H2,1-3H3,(H,16,19). The second-order valence-electron chi connectivity index (χ2n) is 5.38. The third-order valence-corrected chi connectivity index (χ3v) is 5.63. The molecule has 1 N–H and O–H groups in total. The quantitative estimate of drug-likeness (QED) is 0.389. The van der Waals surface area contributed by atoms with Crippen molar-refractivity contribution in [2.75, 3.05) is 39.7 Å². The van der Waals surface area contributed by atoms with Gasteiger partial charge in [-0.2, -0.15) is 0 Å². The number of nitrogens with zero attached hydrogens (tertiary/aromatic N) is 2. The van der Waals surface area contributed by atoms with Crippen molar-refractivity contribution in [1.82, 2.24) is 14.9 Å². The fourth-order valence-electron chi connectivity index (χ4n) is 2.29. The maximum absolute atomic E-state index is 12.7. The molecule has 134 valence electrons. The monoisotopic (exact) mass is 373 g/mol. The maximum Gasteiger partial charge on any atom is 0.268 e. The zero-order chi connectivity index (χ0) is 17.5. The lowest BCUT2D eigenvalue weighted by molar-refractivity contribution is -0.118. The molecule has 1 aromatic rings. The molecule has 0 aromatic carbocycles. The van der Waals surface area contributed by atoms with Crippen LogP contribution >= 0.6 is 23.5 Å². The van der Waals surface area contributed by atoms with Crippen LogP contribution in [0.25, 0.3) is 0 Å². The van der Waals surface area contributed by atoms with Gasteiger partial charge in [-0.3, -0.25) is 14.2 Å². The van der Waals surface area contributed by atoms with E-state index in [1.807, 2.05) is 0 Å². The van der Waals surface area contributed by atoms with E-state index in [1.54, 1.807) is 30.5 Å². The van der Waals surface area contributed by atoms with Gasteiger partial charge >= 0.3 is 0 Å². The average Bonchev–Trinajstić information content (AvgIpc) is 2.93. The van der Waals surface area contributed by atoms with Crippen molar-refractivity contribution in [3.8, 4) is 0 Å². The SMILES string of the molecule is COCCNC(=O)CSc1nc2c(c(=O)n1CCOC)SC(C)C2. The second kappa shape index (κ2) is 9.45. The molecule has 0 bridgehead atoms. The van der Waals surface area contributed by atoms with Gasteiger partial charge < -0.3 is 14.8 Å². The lowest BCUT2D eigenvalue weighted by Gasteiger charge is -2.13. The molecular weight excluding hydrogens is 350 g/mol. The van der Waals surface area contributed by atoms with Gasteiger partial charge in [0.15, 0.2) is 5.16 Å². The number of amides is 1. The van der Waals surface area contributed by atoms with Crippen LogP contribution in [0.4, 0.5) is 0 Å². The van der Waals surface area contributed by atoms with E-state index in [0.717, 1.165) is 17.0 Å². The molecule has 1 unspecified atom stereocenters. The first kappa shape index (κ1) is 19.3. The minimum absolute atomic E-state index is 0.0336. The molecule has 0 saturated heterocycles. The Balaban J connectivity index is 2.12. The van der Waals surface area contributed by atoms with Crippen LogP contribution in [-0.4, -0.2) is 60.4 Å². The lowest BCUT2D eigenvalue weighted by atomic mass is 10.2. The van der Waals surface area contributed by atoms with E-state index in [4.69, 9.17) is 9.47 Å². The van der Waals surface area contributed by atoms with Crippen LogP contribution < -0.4 is 10.9 Å². The fraction of sp³-hybridized carbons (Fsp3) is 0.667. The van der Waals surface area contributed by atoms with E-state index in [1.165, 1.54) is 11.8 Å². The van der Waals surface area contributed by atoms with Crippen molar-refractivity contribution in [2.45, 2.75) is 35.2 Å². The Labute approximate surface area is 149 Å². The van der Waals surface area contributed by atoms with E-state index in [9.17, 15) is 9.59 Å². The van der Waals surface area contributed by atoms with Crippen LogP contribution in [-0.2, 0) is 27.2 Å². The molecule has 2 rings (SSSR count). The molecule has 9 heteroatoms. The van der Waals surface area contributed by atoms with Crippen molar-refractivity contribution in [1.29, 1.82) is 0 Å². The molecule has 24 heavy (non-hydrogen) atoms. The zero-order valence-electron chi connectivity index (χ0n) is 14.2. The number of thioether (sulfide) groups is 2. The number of nitrogens with one attached hydrogen (secondary N) is 1. The molecule has 1 amide bonds. The van der Waals surface area contributed by atoms with Crippen LogP contribution in [0.5, 0.6) is 0 Å². The summed E-state index contributed by atoms with van der Waals surface area (Å²) in [6, 6.07) is 0. The van der Waals surface area contributed by atoms with Gasteiger partial charge in [-0.05, 0) is 0 Å². The van der Waals surface area contributed by atoms with E-state index in [-0.39, 0.29) is 17.2 Å². The fourth-order valence-corrected chi connectivity index (χ4v) is 4.28. The van der Waals surface area contributed by atoms with Gasteiger partial charge in [-0.1, -0.05) is 18.7 Å². The second-order valence-corrected chi connectivity index (χ2v) is 7.77. The van der Waals surface area contributed by atoms with Crippen molar-refractivity contribution in [3.63, 3.8) is 0 Å². The van der Waals surface area contributed by atoms with E-state index in [2.05, 4.69) is 17.2 Å². The summed E-state index contributed by atoms with van der Waals surface area (Å²) in [6.45, 7) is 3.88. The minimum atomic E-state index is -0.104. The number of carbonyl (C=O) groups excluding carboxylic acids is 1. The molecular formula is C15H23N3O4S2. The third kappa shape index (κ3) is 4.98. The summed E-state index contributed by atoms with van der Waals surface area (Å²) < 4.78 is 11.6. The van der Waals surface area contributed by atoms with Gasteiger partial charge in [-0.25, -0.2) is 4.98 Å². The summed E-state index contributed by atoms with van der Waals surface area (Å²) in [7, 11) is 3.18. The predicted octanol–water partition coefficient (Wildman–Crippen LogP) is 0.781. The van der Waals surface area contributed by atoms with E-state index in [0.29, 0.717) is 36.7 Å². The van der Waals surface area contributed by atoms with Crippen molar-refractivity contribution >= 4 is 29.4 Å². The highest BCUT2D eigenvalue weighted by Gasteiger charge is 2.26. The highest BCUT2D eigenvalue weighted by atomic mass is 32.2. The average molecular weight is 374 g/mol. The Bertz CT molecular complexity index is 636. The number of fused-ring (bicyclic) bond motifs is 1. The predicted molar refractivity (Wildman–Crippen MR) is 95.0 cm³/mol. The normalized spacial score (nSPS) is 16.2. The molecule has 0 aliphatic carbocycles. The first-order valence-corrected chi connectivity index (χ1v) is 9.61. The van der Waals surface area contributed by atoms with Gasteiger partial charge in [0.05, 0.1) is 36.1 Å². The van der Waals surface area contributed by atoms with Crippen LogP contribution in [0.3, 0.4) is 0 Å². The molecule has 0 saturated carbocycles. The summed E-state index contributed by atoms with van der Waals surface area (Å²) in [5.41, 5.74) is 0.808. The molecule has 0 radical (unpaired) electrons. The number of rotatable bonds is 9. The largest absolute Gasteiger partial charge is 0.383 e. The molecule has 1 aliphatic heterocycles. The van der Waals surface area contributed by atoms with Crippen LogP contribution in [0.2, 0.25) is 0 Å². The Morgan fingerprint density at radius 2 is 2.17 bits per heavy atom. The first-order chi connectivity index (χ1) is 11.6. The van der Waals surface area contributed by atoms with Gasteiger partial charge in [0.2, 0.25) is 5.91 Å².